The first-order valence-electron chi connectivity index (χ1n) is 12.6. The zero-order valence-electron chi connectivity index (χ0n) is 22.3. The molecule has 6 heteroatoms. The lowest BCUT2D eigenvalue weighted by Gasteiger charge is -2.27. The van der Waals surface area contributed by atoms with Crippen LogP contribution in [0.5, 0.6) is 0 Å². The lowest BCUT2D eigenvalue weighted by Crippen LogP contribution is -2.46. The van der Waals surface area contributed by atoms with Crippen LogP contribution >= 0.6 is 0 Å². The molecule has 0 amide bonds. The van der Waals surface area contributed by atoms with Crippen molar-refractivity contribution in [3.63, 3.8) is 0 Å². The summed E-state index contributed by atoms with van der Waals surface area (Å²) in [5, 5.41) is 7.05. The fraction of sp³-hybridized carbons (Fsp3) is 0.714. The Morgan fingerprint density at radius 3 is 1.29 bits per heavy atom. The van der Waals surface area contributed by atoms with Crippen LogP contribution in [0.25, 0.3) is 0 Å². The lowest BCUT2D eigenvalue weighted by atomic mass is 9.87. The third-order valence-corrected chi connectivity index (χ3v) is 7.35. The fourth-order valence-corrected chi connectivity index (χ4v) is 5.92. The molecule has 2 N–H and O–H groups in total. The van der Waals surface area contributed by atoms with Gasteiger partial charge in [0.15, 0.2) is 0 Å². The average molecular weight is 473 g/mol. The Bertz CT molecular complexity index is 813. The second-order valence-corrected chi connectivity index (χ2v) is 12.6. The van der Waals surface area contributed by atoms with E-state index < -0.39 is 0 Å². The van der Waals surface area contributed by atoms with E-state index >= 15 is 0 Å². The molecule has 0 bridgehead atoms. The molecular weight excluding hydrogens is 428 g/mol. The SMILES string of the molecule is CC1(C)CC(C(=O)OCCc2ccc(CCOC(=O)C3CC(C)(C)NC3(C)C)cc2)C(C)(C)N1. The minimum absolute atomic E-state index is 0.0574. The van der Waals surface area contributed by atoms with E-state index in [9.17, 15) is 9.59 Å². The summed E-state index contributed by atoms with van der Waals surface area (Å²) in [5.74, 6) is -0.510. The van der Waals surface area contributed by atoms with Gasteiger partial charge in [-0.05, 0) is 79.4 Å². The maximum atomic E-state index is 12.6. The second kappa shape index (κ2) is 9.62. The molecule has 0 aromatic heterocycles. The molecule has 2 saturated heterocycles. The summed E-state index contributed by atoms with van der Waals surface area (Å²) in [6.07, 6.45) is 2.93. The van der Waals surface area contributed by atoms with E-state index in [1.54, 1.807) is 0 Å². The van der Waals surface area contributed by atoms with Gasteiger partial charge in [-0.1, -0.05) is 24.3 Å². The molecule has 0 saturated carbocycles. The molecule has 2 aliphatic rings. The van der Waals surface area contributed by atoms with Crippen molar-refractivity contribution in [2.45, 2.75) is 103 Å². The Hall–Kier alpha value is -1.92. The minimum atomic E-state index is -0.258. The second-order valence-electron chi connectivity index (χ2n) is 12.6. The molecule has 2 heterocycles. The van der Waals surface area contributed by atoms with Crippen molar-refractivity contribution in [3.05, 3.63) is 35.4 Å². The Morgan fingerprint density at radius 2 is 1.03 bits per heavy atom. The zero-order valence-corrected chi connectivity index (χ0v) is 22.3. The number of nitrogens with one attached hydrogen (secondary N) is 2. The van der Waals surface area contributed by atoms with E-state index in [0.717, 1.165) is 24.0 Å². The maximum absolute atomic E-state index is 12.6. The molecule has 2 aliphatic heterocycles. The maximum Gasteiger partial charge on any atom is 0.310 e. The molecule has 0 spiro atoms. The van der Waals surface area contributed by atoms with Gasteiger partial charge in [-0.2, -0.15) is 0 Å². The molecule has 2 unspecified atom stereocenters. The topological polar surface area (TPSA) is 76.7 Å². The fourth-order valence-electron chi connectivity index (χ4n) is 5.92. The molecule has 190 valence electrons. The van der Waals surface area contributed by atoms with Crippen LogP contribution in [0.15, 0.2) is 24.3 Å². The van der Waals surface area contributed by atoms with E-state index in [1.165, 1.54) is 0 Å². The van der Waals surface area contributed by atoms with Gasteiger partial charge in [-0.3, -0.25) is 9.59 Å². The molecule has 6 nitrogen and oxygen atoms in total. The highest BCUT2D eigenvalue weighted by atomic mass is 16.5. The Balaban J connectivity index is 1.40. The first-order chi connectivity index (χ1) is 15.6. The molecular formula is C28H44N2O4. The number of carbonyl (C=O) groups excluding carboxylic acids is 2. The van der Waals surface area contributed by atoms with Gasteiger partial charge in [0.2, 0.25) is 0 Å². The van der Waals surface area contributed by atoms with Crippen molar-refractivity contribution in [2.75, 3.05) is 13.2 Å². The van der Waals surface area contributed by atoms with Gasteiger partial charge < -0.3 is 20.1 Å². The van der Waals surface area contributed by atoms with Crippen molar-refractivity contribution in [1.29, 1.82) is 0 Å². The van der Waals surface area contributed by atoms with Crippen molar-refractivity contribution >= 4 is 11.9 Å². The van der Waals surface area contributed by atoms with Gasteiger partial charge in [0.25, 0.3) is 0 Å². The number of hydrogen-bond acceptors (Lipinski definition) is 6. The lowest BCUT2D eigenvalue weighted by molar-refractivity contribution is -0.151. The Kier molecular flexibility index (Phi) is 7.55. The number of rotatable bonds is 8. The molecule has 34 heavy (non-hydrogen) atoms. The summed E-state index contributed by atoms with van der Waals surface area (Å²) >= 11 is 0. The molecule has 3 rings (SSSR count). The number of ether oxygens (including phenoxy) is 2. The molecule has 0 radical (unpaired) electrons. The van der Waals surface area contributed by atoms with Crippen LogP contribution in [0.4, 0.5) is 0 Å². The summed E-state index contributed by atoms with van der Waals surface area (Å²) < 4.78 is 11.2. The van der Waals surface area contributed by atoms with Crippen molar-refractivity contribution < 1.29 is 19.1 Å². The van der Waals surface area contributed by atoms with Gasteiger partial charge in [0.1, 0.15) is 0 Å². The zero-order chi connectivity index (χ0) is 25.4. The van der Waals surface area contributed by atoms with E-state index in [4.69, 9.17) is 9.47 Å². The highest BCUT2D eigenvalue weighted by molar-refractivity contribution is 5.75. The van der Waals surface area contributed by atoms with Crippen molar-refractivity contribution in [2.24, 2.45) is 11.8 Å². The highest BCUT2D eigenvalue weighted by Gasteiger charge is 2.49. The quantitative estimate of drug-likeness (QED) is 0.553. The van der Waals surface area contributed by atoms with E-state index in [2.05, 4.69) is 90.3 Å². The molecule has 0 aliphatic carbocycles. The summed E-state index contributed by atoms with van der Waals surface area (Å²) in [6, 6.07) is 8.23. The van der Waals surface area contributed by atoms with Gasteiger partial charge >= 0.3 is 11.9 Å². The monoisotopic (exact) mass is 472 g/mol. The number of hydrogen-bond donors (Lipinski definition) is 2. The van der Waals surface area contributed by atoms with Crippen LogP contribution in [-0.4, -0.2) is 47.3 Å². The summed E-state index contributed by atoms with van der Waals surface area (Å²) in [7, 11) is 0. The minimum Gasteiger partial charge on any atom is -0.465 e. The molecule has 1 aromatic rings. The van der Waals surface area contributed by atoms with Crippen molar-refractivity contribution in [3.8, 4) is 0 Å². The number of carbonyl (C=O) groups is 2. The Labute approximate surface area is 205 Å². The van der Waals surface area contributed by atoms with Gasteiger partial charge in [-0.25, -0.2) is 0 Å². The van der Waals surface area contributed by atoms with Crippen molar-refractivity contribution in [1.82, 2.24) is 10.6 Å². The van der Waals surface area contributed by atoms with Crippen LogP contribution in [0.3, 0.4) is 0 Å². The van der Waals surface area contributed by atoms with Crippen LogP contribution in [-0.2, 0) is 31.9 Å². The smallest absolute Gasteiger partial charge is 0.310 e. The number of esters is 2. The molecule has 2 fully saturated rings. The summed E-state index contributed by atoms with van der Waals surface area (Å²) in [6.45, 7) is 17.5. The van der Waals surface area contributed by atoms with Gasteiger partial charge in [-0.15, -0.1) is 0 Å². The van der Waals surface area contributed by atoms with E-state index in [1.807, 2.05) is 0 Å². The Morgan fingerprint density at radius 1 is 0.706 bits per heavy atom. The predicted molar refractivity (Wildman–Crippen MR) is 135 cm³/mol. The number of benzene rings is 1. The van der Waals surface area contributed by atoms with Crippen LogP contribution in [0.1, 0.15) is 79.4 Å². The predicted octanol–water partition coefficient (Wildman–Crippen LogP) is 4.19. The third kappa shape index (κ3) is 6.60. The van der Waals surface area contributed by atoms with E-state index in [-0.39, 0.29) is 45.9 Å². The first-order valence-corrected chi connectivity index (χ1v) is 12.6. The van der Waals surface area contributed by atoms with E-state index in [0.29, 0.717) is 26.1 Å². The first kappa shape index (κ1) is 26.7. The highest BCUT2D eigenvalue weighted by Crippen LogP contribution is 2.37. The third-order valence-electron chi connectivity index (χ3n) is 7.35. The van der Waals surface area contributed by atoms with Crippen LogP contribution < -0.4 is 10.6 Å². The molecule has 1 aromatic carbocycles. The van der Waals surface area contributed by atoms with Gasteiger partial charge in [0, 0.05) is 35.0 Å². The normalized spacial score (nSPS) is 26.2. The van der Waals surface area contributed by atoms with Crippen LogP contribution in [0.2, 0.25) is 0 Å². The molecule has 2 atom stereocenters. The van der Waals surface area contributed by atoms with Gasteiger partial charge in [0.05, 0.1) is 25.0 Å². The largest absolute Gasteiger partial charge is 0.465 e. The summed E-state index contributed by atoms with van der Waals surface area (Å²) in [5.41, 5.74) is 1.62. The standard InChI is InChI=1S/C28H44N2O4/c1-25(2)17-21(27(5,6)29-25)23(31)33-15-13-19-9-11-20(12-10-19)14-16-34-24(32)22-18-26(3,4)30-28(22,7)8/h9-12,21-22,29-30H,13-18H2,1-8H3. The summed E-state index contributed by atoms with van der Waals surface area (Å²) in [4.78, 5) is 25.3. The average Bonchev–Trinajstić information content (AvgIpc) is 3.07. The van der Waals surface area contributed by atoms with Crippen LogP contribution in [0, 0.1) is 11.8 Å².